The number of aromatic nitrogens is 2. The van der Waals surface area contributed by atoms with Crippen LogP contribution in [0.25, 0.3) is 0 Å². The van der Waals surface area contributed by atoms with Gasteiger partial charge in [-0.25, -0.2) is 14.4 Å². The molecule has 158 valence electrons. The highest BCUT2D eigenvalue weighted by Gasteiger charge is 2.62. The van der Waals surface area contributed by atoms with Gasteiger partial charge in [0, 0.05) is 24.4 Å². The van der Waals surface area contributed by atoms with Crippen LogP contribution < -0.4 is 5.32 Å². The van der Waals surface area contributed by atoms with Gasteiger partial charge in [0.25, 0.3) is 0 Å². The van der Waals surface area contributed by atoms with E-state index in [1.807, 2.05) is 20.8 Å². The lowest BCUT2D eigenvalue weighted by Crippen LogP contribution is -2.45. The summed E-state index contributed by atoms with van der Waals surface area (Å²) in [6.45, 7) is 5.97. The van der Waals surface area contributed by atoms with Crippen molar-refractivity contribution >= 4 is 33.5 Å². The quantitative estimate of drug-likeness (QED) is 0.651. The lowest BCUT2D eigenvalue weighted by Gasteiger charge is -2.35. The van der Waals surface area contributed by atoms with E-state index in [0.29, 0.717) is 10.9 Å². The van der Waals surface area contributed by atoms with Crippen LogP contribution in [0.3, 0.4) is 0 Å². The first kappa shape index (κ1) is 22.6. The van der Waals surface area contributed by atoms with E-state index >= 15 is 4.39 Å². The molecule has 3 rings (SSSR count). The average Bonchev–Trinajstić information content (AvgIpc) is 2.98. The molecule has 0 saturated carbocycles. The minimum atomic E-state index is -1.53. The van der Waals surface area contributed by atoms with E-state index in [4.69, 9.17) is 11.6 Å². The smallest absolute Gasteiger partial charge is 0.321 e. The lowest BCUT2D eigenvalue weighted by molar-refractivity contribution is -0.139. The molecule has 0 amide bonds. The van der Waals surface area contributed by atoms with Gasteiger partial charge < -0.3 is 5.11 Å². The molecule has 0 aliphatic carbocycles. The van der Waals surface area contributed by atoms with Gasteiger partial charge in [-0.2, -0.15) is 5.26 Å². The summed E-state index contributed by atoms with van der Waals surface area (Å²) in [7, 11) is 0. The molecule has 6 nitrogen and oxygen atoms in total. The van der Waals surface area contributed by atoms with Crippen molar-refractivity contribution in [3.05, 3.63) is 57.3 Å². The van der Waals surface area contributed by atoms with Crippen molar-refractivity contribution in [2.24, 2.45) is 5.41 Å². The Hall–Kier alpha value is -2.08. The number of nitrogens with one attached hydrogen (secondary N) is 1. The Morgan fingerprint density at radius 1 is 1.40 bits per heavy atom. The molecule has 0 radical (unpaired) electrons. The molecule has 30 heavy (non-hydrogen) atoms. The summed E-state index contributed by atoms with van der Waals surface area (Å²) in [5.41, 5.74) is -1.73. The number of hydrogen-bond donors (Lipinski definition) is 2. The van der Waals surface area contributed by atoms with E-state index in [0.717, 1.165) is 0 Å². The first-order valence-electron chi connectivity index (χ1n) is 9.33. The maximum atomic E-state index is 15.1. The highest BCUT2D eigenvalue weighted by Crippen LogP contribution is 2.51. The number of hydrogen-bond acceptors (Lipinski definition) is 5. The van der Waals surface area contributed by atoms with Crippen LogP contribution in [0.15, 0.2) is 35.1 Å². The second kappa shape index (κ2) is 8.22. The number of nitrogens with zero attached hydrogens (tertiary/aromatic N) is 3. The third kappa shape index (κ3) is 3.94. The second-order valence-corrected chi connectivity index (χ2v) is 9.95. The first-order valence-corrected chi connectivity index (χ1v) is 10.5. The van der Waals surface area contributed by atoms with Crippen LogP contribution in [0.4, 0.5) is 4.39 Å². The Morgan fingerprint density at radius 2 is 2.03 bits per heavy atom. The summed E-state index contributed by atoms with van der Waals surface area (Å²) in [6, 6.07) is 4.83. The maximum Gasteiger partial charge on any atom is 0.321 e. The van der Waals surface area contributed by atoms with Crippen LogP contribution in [0.2, 0.25) is 5.02 Å². The Balaban J connectivity index is 2.33. The van der Waals surface area contributed by atoms with E-state index in [-0.39, 0.29) is 21.8 Å². The zero-order chi connectivity index (χ0) is 22.3. The molecule has 0 unspecified atom stereocenters. The van der Waals surface area contributed by atoms with Gasteiger partial charge in [-0.15, -0.1) is 0 Å². The minimum Gasteiger partial charge on any atom is -0.480 e. The molecule has 2 N–H and O–H groups in total. The molecule has 9 heteroatoms. The second-order valence-electron chi connectivity index (χ2n) is 8.63. The van der Waals surface area contributed by atoms with Crippen LogP contribution >= 0.6 is 27.5 Å². The number of rotatable bonds is 4. The predicted molar refractivity (Wildman–Crippen MR) is 114 cm³/mol. The Kier molecular flexibility index (Phi) is 6.19. The highest BCUT2D eigenvalue weighted by atomic mass is 79.9. The van der Waals surface area contributed by atoms with Gasteiger partial charge in [0.15, 0.2) is 5.82 Å². The lowest BCUT2D eigenvalue weighted by atomic mass is 9.65. The Labute approximate surface area is 187 Å². The Bertz CT molecular complexity index is 1010. The van der Waals surface area contributed by atoms with E-state index in [9.17, 15) is 15.2 Å². The van der Waals surface area contributed by atoms with Crippen LogP contribution in [-0.4, -0.2) is 33.1 Å². The zero-order valence-corrected chi connectivity index (χ0v) is 19.0. The van der Waals surface area contributed by atoms with Crippen molar-refractivity contribution in [3.63, 3.8) is 0 Å². The van der Waals surface area contributed by atoms with Crippen LogP contribution in [0, 0.1) is 22.6 Å². The van der Waals surface area contributed by atoms with Gasteiger partial charge in [-0.1, -0.05) is 44.5 Å². The van der Waals surface area contributed by atoms with Crippen LogP contribution in [0.1, 0.15) is 44.5 Å². The normalized spacial score (nSPS) is 26.4. The van der Waals surface area contributed by atoms with Gasteiger partial charge >= 0.3 is 5.97 Å². The summed E-state index contributed by atoms with van der Waals surface area (Å²) in [6.07, 6.45) is 3.44. The van der Waals surface area contributed by atoms with E-state index in [1.165, 1.54) is 24.5 Å². The molecule has 1 aliphatic rings. The number of carbonyl (C=O) groups is 1. The van der Waals surface area contributed by atoms with Crippen molar-refractivity contribution in [2.45, 2.75) is 50.6 Å². The number of nitriles is 1. The maximum absolute atomic E-state index is 15.1. The summed E-state index contributed by atoms with van der Waals surface area (Å²) < 4.78 is 15.7. The molecule has 1 saturated heterocycles. The topological polar surface area (TPSA) is 98.9 Å². The van der Waals surface area contributed by atoms with Gasteiger partial charge in [-0.3, -0.25) is 10.1 Å². The fourth-order valence-electron chi connectivity index (χ4n) is 4.17. The monoisotopic (exact) mass is 494 g/mol. The van der Waals surface area contributed by atoms with Gasteiger partial charge in [0.1, 0.15) is 17.3 Å². The summed E-state index contributed by atoms with van der Waals surface area (Å²) >= 11 is 9.28. The van der Waals surface area contributed by atoms with Gasteiger partial charge in [0.05, 0.1) is 15.6 Å². The Morgan fingerprint density at radius 3 is 2.57 bits per heavy atom. The molecule has 1 aromatic heterocycles. The number of benzene rings is 1. The van der Waals surface area contributed by atoms with E-state index in [2.05, 4.69) is 37.3 Å². The standard InChI is InChI=1S/C21H21BrClFN4O2/c1-20(2,3)7-14-21(10-25,19-26-8-11(22)9-27-19)15(17(28-14)18(29)30)12-5-4-6-13(23)16(12)24/h4-6,8-9,14-15,17,28H,7H2,1-3H3,(H,29,30)/t14-,15-,17+,21-/m0/s1. The zero-order valence-electron chi connectivity index (χ0n) is 16.7. The molecule has 1 fully saturated rings. The van der Waals surface area contributed by atoms with Crippen molar-refractivity contribution in [1.29, 1.82) is 5.26 Å². The summed E-state index contributed by atoms with van der Waals surface area (Å²) in [5, 5.41) is 23.4. The summed E-state index contributed by atoms with van der Waals surface area (Å²) in [5.74, 6) is -2.88. The number of aliphatic carboxylic acids is 1. The fraction of sp³-hybridized carbons (Fsp3) is 0.429. The van der Waals surface area contributed by atoms with Crippen LogP contribution in [-0.2, 0) is 10.2 Å². The van der Waals surface area contributed by atoms with Crippen LogP contribution in [0.5, 0.6) is 0 Å². The average molecular weight is 496 g/mol. The highest BCUT2D eigenvalue weighted by molar-refractivity contribution is 9.10. The number of halogens is 3. The molecule has 1 aromatic carbocycles. The molecule has 0 spiro atoms. The van der Waals surface area contributed by atoms with Gasteiger partial charge in [-0.05, 0) is 39.4 Å². The van der Waals surface area contributed by atoms with Crippen molar-refractivity contribution < 1.29 is 14.3 Å². The van der Waals surface area contributed by atoms with Crippen molar-refractivity contribution in [2.75, 3.05) is 0 Å². The molecule has 0 bridgehead atoms. The molecule has 2 heterocycles. The minimum absolute atomic E-state index is 0.0480. The summed E-state index contributed by atoms with van der Waals surface area (Å²) in [4.78, 5) is 20.9. The number of carboxylic acids is 1. The predicted octanol–water partition coefficient (Wildman–Crippen LogP) is 4.44. The molecular weight excluding hydrogens is 475 g/mol. The molecule has 1 aliphatic heterocycles. The number of carboxylic acid groups (broad SMARTS) is 1. The van der Waals surface area contributed by atoms with Crippen molar-refractivity contribution in [3.8, 4) is 6.07 Å². The molecule has 4 atom stereocenters. The third-order valence-electron chi connectivity index (χ3n) is 5.33. The molecular formula is C21H21BrClFN4O2. The molecule has 2 aromatic rings. The largest absolute Gasteiger partial charge is 0.480 e. The fourth-order valence-corrected chi connectivity index (χ4v) is 4.56. The SMILES string of the molecule is CC(C)(C)C[C@@H]1N[C@@H](C(=O)O)[C@H](c2cccc(Cl)c2F)[C@@]1(C#N)c1ncc(Br)cn1. The van der Waals surface area contributed by atoms with E-state index < -0.39 is 35.2 Å². The van der Waals surface area contributed by atoms with E-state index in [1.54, 1.807) is 6.07 Å². The first-order chi connectivity index (χ1) is 14.0. The third-order valence-corrected chi connectivity index (χ3v) is 6.03. The van der Waals surface area contributed by atoms with Gasteiger partial charge in [0.2, 0.25) is 0 Å². The van der Waals surface area contributed by atoms with Crippen molar-refractivity contribution in [1.82, 2.24) is 15.3 Å².